The second kappa shape index (κ2) is 4.73. The molecule has 1 fully saturated rings. The molecule has 17 heavy (non-hydrogen) atoms. The van der Waals surface area contributed by atoms with Gasteiger partial charge in [0.25, 0.3) is 0 Å². The van der Waals surface area contributed by atoms with Crippen LogP contribution < -0.4 is 10.6 Å². The molecule has 92 valence electrons. The van der Waals surface area contributed by atoms with Crippen LogP contribution >= 0.6 is 0 Å². The molecule has 0 aromatic heterocycles. The van der Waals surface area contributed by atoms with Gasteiger partial charge in [0.15, 0.2) is 5.96 Å². The van der Waals surface area contributed by atoms with Crippen LogP contribution in [0.25, 0.3) is 0 Å². The smallest absolute Gasteiger partial charge is 0.190 e. The van der Waals surface area contributed by atoms with Gasteiger partial charge in [-0.2, -0.15) is 0 Å². The highest BCUT2D eigenvalue weighted by molar-refractivity contribution is 5.79. The van der Waals surface area contributed by atoms with E-state index >= 15 is 0 Å². The van der Waals surface area contributed by atoms with Crippen molar-refractivity contribution in [2.45, 2.75) is 18.3 Å². The molecule has 3 nitrogen and oxygen atoms in total. The van der Waals surface area contributed by atoms with Crippen LogP contribution in [0, 0.1) is 5.82 Å². The standard InChI is InChI=1S/C13H18FN3/c1-15-12(16-2)17-9-13(7-8-13)10-3-5-11(14)6-4-10/h3-6H,7-9H2,1-2H3,(H2,15,16,17). The Morgan fingerprint density at radius 1 is 1.35 bits per heavy atom. The summed E-state index contributed by atoms with van der Waals surface area (Å²) < 4.78 is 12.9. The van der Waals surface area contributed by atoms with Crippen LogP contribution in [-0.4, -0.2) is 26.6 Å². The zero-order valence-corrected chi connectivity index (χ0v) is 10.3. The van der Waals surface area contributed by atoms with E-state index in [4.69, 9.17) is 0 Å². The molecule has 0 unspecified atom stereocenters. The largest absolute Gasteiger partial charge is 0.359 e. The fourth-order valence-corrected chi connectivity index (χ4v) is 2.05. The first kappa shape index (κ1) is 11.9. The van der Waals surface area contributed by atoms with E-state index < -0.39 is 0 Å². The fraction of sp³-hybridized carbons (Fsp3) is 0.462. The Hall–Kier alpha value is -1.58. The average Bonchev–Trinajstić information content (AvgIpc) is 3.12. The lowest BCUT2D eigenvalue weighted by Gasteiger charge is -2.18. The molecule has 0 heterocycles. The minimum absolute atomic E-state index is 0.167. The number of guanidine groups is 1. The van der Waals surface area contributed by atoms with E-state index in [0.29, 0.717) is 0 Å². The quantitative estimate of drug-likeness (QED) is 0.617. The lowest BCUT2D eigenvalue weighted by atomic mass is 9.96. The Balaban J connectivity index is 2.02. The van der Waals surface area contributed by atoms with Gasteiger partial charge in [-0.3, -0.25) is 4.99 Å². The van der Waals surface area contributed by atoms with Crippen LogP contribution in [0.4, 0.5) is 4.39 Å². The molecular weight excluding hydrogens is 217 g/mol. The second-order valence-electron chi connectivity index (χ2n) is 4.46. The molecule has 0 saturated heterocycles. The number of nitrogens with one attached hydrogen (secondary N) is 2. The molecule has 2 N–H and O–H groups in total. The summed E-state index contributed by atoms with van der Waals surface area (Å²) in [6.07, 6.45) is 2.29. The highest BCUT2D eigenvalue weighted by Gasteiger charge is 2.44. The number of aliphatic imine (C=N–C) groups is 1. The van der Waals surface area contributed by atoms with Crippen molar-refractivity contribution in [2.24, 2.45) is 4.99 Å². The summed E-state index contributed by atoms with van der Waals surface area (Å²) >= 11 is 0. The third-order valence-corrected chi connectivity index (χ3v) is 3.36. The van der Waals surface area contributed by atoms with Gasteiger partial charge >= 0.3 is 0 Å². The van der Waals surface area contributed by atoms with Crippen molar-refractivity contribution < 1.29 is 4.39 Å². The Bertz CT molecular complexity index is 407. The molecule has 2 rings (SSSR count). The molecule has 1 aromatic carbocycles. The Labute approximate surface area is 101 Å². The number of hydrogen-bond donors (Lipinski definition) is 2. The van der Waals surface area contributed by atoms with Gasteiger partial charge in [0.05, 0.1) is 0 Å². The molecule has 0 amide bonds. The monoisotopic (exact) mass is 235 g/mol. The SMILES string of the molecule is CN=C(NC)NCC1(c2ccc(F)cc2)CC1. The molecule has 1 saturated carbocycles. The van der Waals surface area contributed by atoms with Crippen LogP contribution in [0.15, 0.2) is 29.3 Å². The maximum absolute atomic E-state index is 12.9. The van der Waals surface area contributed by atoms with Gasteiger partial charge in [0, 0.05) is 26.1 Å². The number of benzene rings is 1. The summed E-state index contributed by atoms with van der Waals surface area (Å²) in [6, 6.07) is 6.82. The van der Waals surface area contributed by atoms with Crippen LogP contribution in [-0.2, 0) is 5.41 Å². The van der Waals surface area contributed by atoms with Gasteiger partial charge < -0.3 is 10.6 Å². The van der Waals surface area contributed by atoms with E-state index in [-0.39, 0.29) is 11.2 Å². The average molecular weight is 235 g/mol. The van der Waals surface area contributed by atoms with E-state index in [1.165, 1.54) is 17.7 Å². The van der Waals surface area contributed by atoms with Crippen molar-refractivity contribution in [1.82, 2.24) is 10.6 Å². The van der Waals surface area contributed by atoms with Crippen molar-refractivity contribution in [1.29, 1.82) is 0 Å². The summed E-state index contributed by atoms with van der Waals surface area (Å²) in [5, 5.41) is 6.27. The summed E-state index contributed by atoms with van der Waals surface area (Å²) in [4.78, 5) is 4.08. The predicted molar refractivity (Wildman–Crippen MR) is 67.7 cm³/mol. The lowest BCUT2D eigenvalue weighted by Crippen LogP contribution is -2.39. The molecule has 4 heteroatoms. The molecule has 0 atom stereocenters. The normalized spacial score (nSPS) is 17.7. The Morgan fingerprint density at radius 3 is 2.47 bits per heavy atom. The highest BCUT2D eigenvalue weighted by atomic mass is 19.1. The van der Waals surface area contributed by atoms with E-state index in [0.717, 1.165) is 25.3 Å². The maximum atomic E-state index is 12.9. The van der Waals surface area contributed by atoms with Gasteiger partial charge in [-0.25, -0.2) is 4.39 Å². The van der Waals surface area contributed by atoms with Crippen molar-refractivity contribution in [3.8, 4) is 0 Å². The summed E-state index contributed by atoms with van der Waals surface area (Å²) in [7, 11) is 3.59. The number of rotatable bonds is 3. The van der Waals surface area contributed by atoms with E-state index in [1.54, 1.807) is 7.05 Å². The zero-order chi connectivity index (χ0) is 12.3. The molecule has 1 aromatic rings. The summed E-state index contributed by atoms with van der Waals surface area (Å²) in [5.41, 5.74) is 1.37. The minimum Gasteiger partial charge on any atom is -0.359 e. The van der Waals surface area contributed by atoms with E-state index in [9.17, 15) is 4.39 Å². The summed E-state index contributed by atoms with van der Waals surface area (Å²) in [5.74, 6) is 0.613. The van der Waals surface area contributed by atoms with Crippen molar-refractivity contribution >= 4 is 5.96 Å². The Morgan fingerprint density at radius 2 is 2.00 bits per heavy atom. The zero-order valence-electron chi connectivity index (χ0n) is 10.3. The second-order valence-corrected chi connectivity index (χ2v) is 4.46. The molecule has 0 aliphatic heterocycles. The maximum Gasteiger partial charge on any atom is 0.190 e. The topological polar surface area (TPSA) is 36.4 Å². The van der Waals surface area contributed by atoms with Crippen LogP contribution in [0.1, 0.15) is 18.4 Å². The lowest BCUT2D eigenvalue weighted by molar-refractivity contribution is 0.618. The number of halogens is 1. The van der Waals surface area contributed by atoms with E-state index in [2.05, 4.69) is 15.6 Å². The van der Waals surface area contributed by atoms with Crippen LogP contribution in [0.3, 0.4) is 0 Å². The van der Waals surface area contributed by atoms with Crippen molar-refractivity contribution in [3.05, 3.63) is 35.6 Å². The third-order valence-electron chi connectivity index (χ3n) is 3.36. The third kappa shape index (κ3) is 2.57. The van der Waals surface area contributed by atoms with Gasteiger partial charge in [-0.15, -0.1) is 0 Å². The van der Waals surface area contributed by atoms with Crippen molar-refractivity contribution in [3.63, 3.8) is 0 Å². The van der Waals surface area contributed by atoms with Crippen LogP contribution in [0.2, 0.25) is 0 Å². The minimum atomic E-state index is -0.177. The first-order chi connectivity index (χ1) is 8.20. The fourth-order valence-electron chi connectivity index (χ4n) is 2.05. The predicted octanol–water partition coefficient (Wildman–Crippen LogP) is 1.65. The first-order valence-corrected chi connectivity index (χ1v) is 5.85. The van der Waals surface area contributed by atoms with Gasteiger partial charge in [-0.05, 0) is 30.5 Å². The van der Waals surface area contributed by atoms with Crippen LogP contribution in [0.5, 0.6) is 0 Å². The molecule has 0 bridgehead atoms. The van der Waals surface area contributed by atoms with Gasteiger partial charge in [0.1, 0.15) is 5.82 Å². The van der Waals surface area contributed by atoms with E-state index in [1.807, 2.05) is 19.2 Å². The summed E-state index contributed by atoms with van der Waals surface area (Å²) in [6.45, 7) is 0.839. The molecule has 1 aliphatic carbocycles. The Kier molecular flexibility index (Phi) is 3.31. The first-order valence-electron chi connectivity index (χ1n) is 5.85. The molecule has 0 radical (unpaired) electrons. The molecule has 0 spiro atoms. The number of nitrogens with zero attached hydrogens (tertiary/aromatic N) is 1. The van der Waals surface area contributed by atoms with Gasteiger partial charge in [0.2, 0.25) is 0 Å². The van der Waals surface area contributed by atoms with Gasteiger partial charge in [-0.1, -0.05) is 12.1 Å². The van der Waals surface area contributed by atoms with Crippen molar-refractivity contribution in [2.75, 3.05) is 20.6 Å². The number of hydrogen-bond acceptors (Lipinski definition) is 1. The molecule has 1 aliphatic rings. The molecular formula is C13H18FN3. The highest BCUT2D eigenvalue weighted by Crippen LogP contribution is 2.47.